The van der Waals surface area contributed by atoms with Crippen molar-refractivity contribution in [3.05, 3.63) is 64.6 Å². The van der Waals surface area contributed by atoms with Crippen LogP contribution in [0.4, 0.5) is 4.39 Å². The quantitative estimate of drug-likeness (QED) is 0.622. The average molecular weight is 451 g/mol. The number of carbonyl (C=O) groups excluding carboxylic acids is 3. The summed E-state index contributed by atoms with van der Waals surface area (Å²) in [6.45, 7) is 0.249. The molecule has 1 aromatic heterocycles. The number of nitrogens with zero attached hydrogens (tertiary/aromatic N) is 3. The zero-order valence-corrected chi connectivity index (χ0v) is 17.7. The number of amides is 3. The second-order valence-corrected chi connectivity index (χ2v) is 8.17. The molecule has 0 spiro atoms. The number of aromatic nitrogens is 2. The fourth-order valence-corrected chi connectivity index (χ4v) is 4.40. The van der Waals surface area contributed by atoms with Crippen molar-refractivity contribution in [1.82, 2.24) is 20.0 Å². The van der Waals surface area contributed by atoms with Crippen molar-refractivity contribution in [3.8, 4) is 22.4 Å². The normalized spacial score (nSPS) is 17.9. The standard InChI is InChI=1S/C23H16ClFN4O3/c1-28-21(16-5-3-14(24)9-18(16)25)17(10-26-28)12-2-4-15-13(8-12)11-29(23(15)32)19-6-7-20(30)27-22(19)31/h2,4,8-10,19H,6-7,11H2,1H3,(H,27,30,31). The van der Waals surface area contributed by atoms with E-state index in [-0.39, 0.29) is 35.4 Å². The molecule has 3 heterocycles. The van der Waals surface area contributed by atoms with Gasteiger partial charge in [-0.15, -0.1) is 0 Å². The first-order chi connectivity index (χ1) is 15.3. The first-order valence-corrected chi connectivity index (χ1v) is 10.3. The van der Waals surface area contributed by atoms with Crippen LogP contribution in [0.25, 0.3) is 22.4 Å². The van der Waals surface area contributed by atoms with Crippen molar-refractivity contribution >= 4 is 29.3 Å². The van der Waals surface area contributed by atoms with Crippen LogP contribution in [0, 0.1) is 17.9 Å². The van der Waals surface area contributed by atoms with E-state index in [0.717, 1.165) is 11.1 Å². The minimum Gasteiger partial charge on any atom is -0.322 e. The van der Waals surface area contributed by atoms with Crippen LogP contribution in [-0.4, -0.2) is 38.4 Å². The molecule has 2 aliphatic heterocycles. The van der Waals surface area contributed by atoms with Gasteiger partial charge >= 0.3 is 0 Å². The van der Waals surface area contributed by atoms with Gasteiger partial charge in [0.1, 0.15) is 11.9 Å². The Bertz CT molecular complexity index is 1300. The van der Waals surface area contributed by atoms with Gasteiger partial charge in [-0.3, -0.25) is 24.4 Å². The van der Waals surface area contributed by atoms with Crippen molar-refractivity contribution in [2.24, 2.45) is 7.05 Å². The largest absolute Gasteiger partial charge is 0.322 e. The van der Waals surface area contributed by atoms with Crippen molar-refractivity contribution in [2.45, 2.75) is 25.4 Å². The SMILES string of the molecule is Cn1ncc(-c2ccc3c(c2)CN(C2CCC(=O)NC2=O)C3=O)c1-c1c#cc(Cl)cc1F. The molecule has 5 rings (SSSR count). The highest BCUT2D eigenvalue weighted by Gasteiger charge is 2.39. The molecule has 0 saturated carbocycles. The average Bonchev–Trinajstić information content (AvgIpc) is 3.28. The third kappa shape index (κ3) is 3.22. The molecule has 2 aromatic carbocycles. The van der Waals surface area contributed by atoms with Crippen LogP contribution in [0.3, 0.4) is 0 Å². The number of nitrogens with one attached hydrogen (secondary N) is 1. The van der Waals surface area contributed by atoms with Crippen LogP contribution < -0.4 is 5.32 Å². The highest BCUT2D eigenvalue weighted by atomic mass is 35.5. The third-order valence-electron chi connectivity index (χ3n) is 5.81. The van der Waals surface area contributed by atoms with E-state index in [4.69, 9.17) is 11.6 Å². The Labute approximate surface area is 187 Å². The number of benzene rings is 1. The first-order valence-electron chi connectivity index (χ1n) is 9.93. The first kappa shape index (κ1) is 20.2. The van der Waals surface area contributed by atoms with Crippen molar-refractivity contribution < 1.29 is 18.8 Å². The van der Waals surface area contributed by atoms with Crippen molar-refractivity contribution in [2.75, 3.05) is 0 Å². The van der Waals surface area contributed by atoms with Gasteiger partial charge in [0.05, 0.1) is 22.5 Å². The Morgan fingerprint density at radius 1 is 1.19 bits per heavy atom. The summed E-state index contributed by atoms with van der Waals surface area (Å²) >= 11 is 5.82. The van der Waals surface area contributed by atoms with Gasteiger partial charge in [0, 0.05) is 37.2 Å². The van der Waals surface area contributed by atoms with Crippen molar-refractivity contribution in [3.63, 3.8) is 0 Å². The van der Waals surface area contributed by atoms with E-state index in [1.807, 2.05) is 6.07 Å². The predicted molar refractivity (Wildman–Crippen MR) is 113 cm³/mol. The lowest BCUT2D eigenvalue weighted by Crippen LogP contribution is -2.52. The molecule has 9 heteroatoms. The van der Waals surface area contributed by atoms with E-state index >= 15 is 0 Å². The zero-order valence-electron chi connectivity index (χ0n) is 16.9. The number of rotatable bonds is 3. The Balaban J connectivity index is 1.51. The summed E-state index contributed by atoms with van der Waals surface area (Å²) in [5.41, 5.74) is 3.34. The lowest BCUT2D eigenvalue weighted by molar-refractivity contribution is -0.136. The fraction of sp³-hybridized carbons (Fsp3) is 0.217. The minimum absolute atomic E-state index is 0.125. The maximum absolute atomic E-state index is 14.6. The van der Waals surface area contributed by atoms with Gasteiger partial charge in [0.2, 0.25) is 11.8 Å². The molecule has 160 valence electrons. The number of aryl methyl sites for hydroxylation is 1. The lowest BCUT2D eigenvalue weighted by Gasteiger charge is -2.29. The molecule has 1 N–H and O–H groups in total. The summed E-state index contributed by atoms with van der Waals surface area (Å²) in [5.74, 6) is -1.58. The molecule has 1 fully saturated rings. The van der Waals surface area contributed by atoms with Gasteiger partial charge in [-0.1, -0.05) is 23.7 Å². The smallest absolute Gasteiger partial charge is 0.255 e. The zero-order chi connectivity index (χ0) is 22.6. The molecule has 0 radical (unpaired) electrons. The molecule has 1 atom stereocenters. The Morgan fingerprint density at radius 3 is 2.75 bits per heavy atom. The maximum atomic E-state index is 14.6. The molecule has 3 amide bonds. The van der Waals surface area contributed by atoms with Gasteiger partial charge in [0.25, 0.3) is 5.91 Å². The van der Waals surface area contributed by atoms with E-state index in [1.165, 1.54) is 11.0 Å². The van der Waals surface area contributed by atoms with Crippen LogP contribution in [-0.2, 0) is 23.2 Å². The fourth-order valence-electron chi connectivity index (χ4n) is 4.26. The Morgan fingerprint density at radius 2 is 2.00 bits per heavy atom. The molecule has 1 saturated heterocycles. The highest BCUT2D eigenvalue weighted by molar-refractivity contribution is 6.30. The summed E-state index contributed by atoms with van der Waals surface area (Å²) in [7, 11) is 1.70. The van der Waals surface area contributed by atoms with Gasteiger partial charge in [-0.25, -0.2) is 4.39 Å². The van der Waals surface area contributed by atoms with E-state index in [2.05, 4.69) is 22.5 Å². The summed E-state index contributed by atoms with van der Waals surface area (Å²) < 4.78 is 16.1. The summed E-state index contributed by atoms with van der Waals surface area (Å²) in [5, 5.41) is 6.69. The Kier molecular flexibility index (Phi) is 4.72. The molecule has 0 aliphatic carbocycles. The van der Waals surface area contributed by atoms with Crippen LogP contribution in [0.1, 0.15) is 28.8 Å². The van der Waals surface area contributed by atoms with E-state index in [9.17, 15) is 18.8 Å². The topological polar surface area (TPSA) is 84.3 Å². The second kappa shape index (κ2) is 7.46. The van der Waals surface area contributed by atoms with Gasteiger partial charge in [-0.2, -0.15) is 5.10 Å². The number of hydrogen-bond acceptors (Lipinski definition) is 4. The molecular weight excluding hydrogens is 435 g/mol. The van der Waals surface area contributed by atoms with Crippen molar-refractivity contribution in [1.29, 1.82) is 0 Å². The molecule has 7 nitrogen and oxygen atoms in total. The van der Waals surface area contributed by atoms with E-state index in [1.54, 1.807) is 30.1 Å². The number of piperidine rings is 1. The lowest BCUT2D eigenvalue weighted by atomic mass is 9.98. The van der Waals surface area contributed by atoms with Crippen LogP contribution in [0.2, 0.25) is 5.02 Å². The van der Waals surface area contributed by atoms with E-state index in [0.29, 0.717) is 23.2 Å². The second-order valence-electron chi connectivity index (χ2n) is 7.77. The monoisotopic (exact) mass is 450 g/mol. The Hall–Kier alpha value is -3.70. The van der Waals surface area contributed by atoms with Crippen LogP contribution >= 0.6 is 11.6 Å². The number of halogens is 2. The molecule has 2 aliphatic rings. The molecular formula is C23H16ClFN4O3. The van der Waals surface area contributed by atoms with E-state index < -0.39 is 17.8 Å². The summed E-state index contributed by atoms with van der Waals surface area (Å²) in [6, 6.07) is 11.2. The van der Waals surface area contributed by atoms with Gasteiger partial charge in [-0.05, 0) is 35.7 Å². The van der Waals surface area contributed by atoms with Gasteiger partial charge < -0.3 is 4.90 Å². The molecule has 3 aromatic rings. The predicted octanol–water partition coefficient (Wildman–Crippen LogP) is 2.91. The van der Waals surface area contributed by atoms with Gasteiger partial charge in [0.15, 0.2) is 0 Å². The maximum Gasteiger partial charge on any atom is 0.255 e. The number of carbonyl (C=O) groups is 3. The number of hydrogen-bond donors (Lipinski definition) is 1. The highest BCUT2D eigenvalue weighted by Crippen LogP contribution is 2.36. The molecule has 32 heavy (non-hydrogen) atoms. The van der Waals surface area contributed by atoms with Crippen LogP contribution in [0.5, 0.6) is 0 Å². The molecule has 0 bridgehead atoms. The number of imide groups is 1. The minimum atomic E-state index is -0.682. The third-order valence-corrected chi connectivity index (χ3v) is 6.01. The van der Waals surface area contributed by atoms with Crippen LogP contribution in [0.15, 0.2) is 30.5 Å². The summed E-state index contributed by atoms with van der Waals surface area (Å²) in [4.78, 5) is 38.1. The number of fused-ring (bicyclic) bond motifs is 1. The molecule has 1 unspecified atom stereocenters. The summed E-state index contributed by atoms with van der Waals surface area (Å²) in [6.07, 6.45) is 2.11.